The van der Waals surface area contributed by atoms with Crippen LogP contribution in [0.1, 0.15) is 26.2 Å². The molecule has 0 unspecified atom stereocenters. The number of carbonyl (C=O) groups is 2. The molecule has 4 nitrogen and oxygen atoms in total. The molecule has 1 heterocycles. The Morgan fingerprint density at radius 1 is 1.16 bits per heavy atom. The molecule has 1 aliphatic rings. The first-order chi connectivity index (χ1) is 12.1. The van der Waals surface area contributed by atoms with Crippen LogP contribution in [0.5, 0.6) is 0 Å². The van der Waals surface area contributed by atoms with Gasteiger partial charge in [-0.05, 0) is 48.2 Å². The zero-order chi connectivity index (χ0) is 17.8. The molecule has 0 bridgehead atoms. The molecule has 0 radical (unpaired) electrons. The van der Waals surface area contributed by atoms with Gasteiger partial charge in [-0.2, -0.15) is 0 Å². The van der Waals surface area contributed by atoms with Crippen molar-refractivity contribution in [1.29, 1.82) is 0 Å². The Bertz CT molecular complexity index is 774. The minimum absolute atomic E-state index is 0.0118. The maximum Gasteiger partial charge on any atom is 0.247 e. The normalized spacial score (nSPS) is 16.7. The summed E-state index contributed by atoms with van der Waals surface area (Å²) in [6.07, 6.45) is 1.94. The molecule has 0 spiro atoms. The SMILES string of the molecule is CCC(=O)N1CCC[C@@H]1C(=O)Nc1cccc(-c2ccc(F)cc2)c1. The number of carbonyl (C=O) groups excluding carboxylic acids is 2. The van der Waals surface area contributed by atoms with Gasteiger partial charge in [-0.25, -0.2) is 4.39 Å². The second-order valence-electron chi connectivity index (χ2n) is 6.18. The molecular weight excluding hydrogens is 319 g/mol. The molecule has 1 N–H and O–H groups in total. The Balaban J connectivity index is 1.74. The van der Waals surface area contributed by atoms with E-state index < -0.39 is 6.04 Å². The van der Waals surface area contributed by atoms with E-state index in [0.29, 0.717) is 25.1 Å². The van der Waals surface area contributed by atoms with Gasteiger partial charge in [-0.3, -0.25) is 9.59 Å². The fraction of sp³-hybridized carbons (Fsp3) is 0.300. The van der Waals surface area contributed by atoms with Crippen LogP contribution in [0.3, 0.4) is 0 Å². The summed E-state index contributed by atoms with van der Waals surface area (Å²) in [7, 11) is 0. The molecule has 25 heavy (non-hydrogen) atoms. The van der Waals surface area contributed by atoms with E-state index in [-0.39, 0.29) is 17.6 Å². The van der Waals surface area contributed by atoms with Crippen molar-refractivity contribution in [1.82, 2.24) is 4.90 Å². The van der Waals surface area contributed by atoms with E-state index in [0.717, 1.165) is 17.5 Å². The summed E-state index contributed by atoms with van der Waals surface area (Å²) in [4.78, 5) is 26.2. The van der Waals surface area contributed by atoms with Crippen molar-refractivity contribution >= 4 is 17.5 Å². The third-order valence-electron chi connectivity index (χ3n) is 4.49. The van der Waals surface area contributed by atoms with E-state index in [2.05, 4.69) is 5.32 Å². The van der Waals surface area contributed by atoms with E-state index in [9.17, 15) is 14.0 Å². The van der Waals surface area contributed by atoms with E-state index in [1.54, 1.807) is 17.0 Å². The standard InChI is InChI=1S/C20H21FN2O2/c1-2-19(24)23-12-4-7-18(23)20(25)22-17-6-3-5-15(13-17)14-8-10-16(21)11-9-14/h3,5-6,8-11,13,18H,2,4,7,12H2,1H3,(H,22,25)/t18-/m1/s1. The highest BCUT2D eigenvalue weighted by atomic mass is 19.1. The lowest BCUT2D eigenvalue weighted by Crippen LogP contribution is -2.42. The molecule has 2 aromatic carbocycles. The summed E-state index contributed by atoms with van der Waals surface area (Å²) in [6, 6.07) is 13.2. The predicted molar refractivity (Wildman–Crippen MR) is 95.5 cm³/mol. The number of nitrogens with zero attached hydrogens (tertiary/aromatic N) is 1. The smallest absolute Gasteiger partial charge is 0.247 e. The van der Waals surface area contributed by atoms with Crippen LogP contribution in [0, 0.1) is 5.82 Å². The Labute approximate surface area is 146 Å². The topological polar surface area (TPSA) is 49.4 Å². The van der Waals surface area contributed by atoms with Gasteiger partial charge in [0.2, 0.25) is 11.8 Å². The van der Waals surface area contributed by atoms with Crippen molar-refractivity contribution < 1.29 is 14.0 Å². The van der Waals surface area contributed by atoms with Crippen LogP contribution in [-0.2, 0) is 9.59 Å². The molecule has 1 atom stereocenters. The lowest BCUT2D eigenvalue weighted by atomic mass is 10.0. The third-order valence-corrected chi connectivity index (χ3v) is 4.49. The van der Waals surface area contributed by atoms with Crippen molar-refractivity contribution in [2.75, 3.05) is 11.9 Å². The lowest BCUT2D eigenvalue weighted by Gasteiger charge is -2.23. The van der Waals surface area contributed by atoms with Gasteiger partial charge < -0.3 is 10.2 Å². The minimum atomic E-state index is -0.401. The van der Waals surface area contributed by atoms with Gasteiger partial charge >= 0.3 is 0 Å². The maximum absolute atomic E-state index is 13.1. The molecule has 0 aliphatic carbocycles. The number of likely N-dealkylation sites (tertiary alicyclic amines) is 1. The van der Waals surface area contributed by atoms with Gasteiger partial charge in [0.15, 0.2) is 0 Å². The quantitative estimate of drug-likeness (QED) is 0.919. The average Bonchev–Trinajstić information content (AvgIpc) is 3.12. The second-order valence-corrected chi connectivity index (χ2v) is 6.18. The maximum atomic E-state index is 13.1. The number of halogens is 1. The predicted octanol–water partition coefficient (Wildman–Crippen LogP) is 3.83. The van der Waals surface area contributed by atoms with E-state index in [1.807, 2.05) is 31.2 Å². The van der Waals surface area contributed by atoms with Crippen molar-refractivity contribution in [2.45, 2.75) is 32.2 Å². The highest BCUT2D eigenvalue weighted by Crippen LogP contribution is 2.24. The number of amides is 2. The van der Waals surface area contributed by atoms with Gasteiger partial charge in [0.25, 0.3) is 0 Å². The molecule has 0 aromatic heterocycles. The summed E-state index contributed by atoms with van der Waals surface area (Å²) in [5, 5.41) is 2.91. The number of nitrogens with one attached hydrogen (secondary N) is 1. The Hall–Kier alpha value is -2.69. The summed E-state index contributed by atoms with van der Waals surface area (Å²) in [6.45, 7) is 2.45. The number of hydrogen-bond acceptors (Lipinski definition) is 2. The first kappa shape index (κ1) is 17.1. The van der Waals surface area contributed by atoms with Gasteiger partial charge in [-0.1, -0.05) is 31.2 Å². The van der Waals surface area contributed by atoms with E-state index in [4.69, 9.17) is 0 Å². The molecular formula is C20H21FN2O2. The molecule has 0 saturated carbocycles. The van der Waals surface area contributed by atoms with Crippen LogP contribution in [0.2, 0.25) is 0 Å². The van der Waals surface area contributed by atoms with Gasteiger partial charge in [-0.15, -0.1) is 0 Å². The van der Waals surface area contributed by atoms with Gasteiger partial charge in [0, 0.05) is 18.7 Å². The van der Waals surface area contributed by atoms with Crippen LogP contribution >= 0.6 is 0 Å². The zero-order valence-corrected chi connectivity index (χ0v) is 14.2. The number of hydrogen-bond donors (Lipinski definition) is 1. The summed E-state index contributed by atoms with van der Waals surface area (Å²) in [5.74, 6) is -0.427. The molecule has 1 aliphatic heterocycles. The van der Waals surface area contributed by atoms with Crippen molar-refractivity contribution in [2.24, 2.45) is 0 Å². The Morgan fingerprint density at radius 2 is 1.92 bits per heavy atom. The fourth-order valence-electron chi connectivity index (χ4n) is 3.19. The van der Waals surface area contributed by atoms with Crippen LogP contribution in [-0.4, -0.2) is 29.3 Å². The zero-order valence-electron chi connectivity index (χ0n) is 14.2. The molecule has 2 aromatic rings. The Morgan fingerprint density at radius 3 is 2.64 bits per heavy atom. The largest absolute Gasteiger partial charge is 0.331 e. The molecule has 1 saturated heterocycles. The first-order valence-electron chi connectivity index (χ1n) is 8.55. The van der Waals surface area contributed by atoms with Crippen molar-refractivity contribution in [3.63, 3.8) is 0 Å². The van der Waals surface area contributed by atoms with Crippen LogP contribution in [0.4, 0.5) is 10.1 Å². The van der Waals surface area contributed by atoms with Gasteiger partial charge in [0.1, 0.15) is 11.9 Å². The fourth-order valence-corrected chi connectivity index (χ4v) is 3.19. The number of rotatable bonds is 4. The van der Waals surface area contributed by atoms with Crippen LogP contribution in [0.15, 0.2) is 48.5 Å². The number of anilines is 1. The van der Waals surface area contributed by atoms with Gasteiger partial charge in [0.05, 0.1) is 0 Å². The Kier molecular flexibility index (Phi) is 5.12. The van der Waals surface area contributed by atoms with Crippen molar-refractivity contribution in [3.05, 3.63) is 54.3 Å². The van der Waals surface area contributed by atoms with E-state index >= 15 is 0 Å². The average molecular weight is 340 g/mol. The summed E-state index contributed by atoms with van der Waals surface area (Å²) in [5.41, 5.74) is 2.44. The molecule has 130 valence electrons. The number of benzene rings is 2. The molecule has 2 amide bonds. The summed E-state index contributed by atoms with van der Waals surface area (Å²) < 4.78 is 13.1. The minimum Gasteiger partial charge on any atom is -0.331 e. The monoisotopic (exact) mass is 340 g/mol. The highest BCUT2D eigenvalue weighted by molar-refractivity contribution is 5.98. The lowest BCUT2D eigenvalue weighted by molar-refractivity contribution is -0.136. The van der Waals surface area contributed by atoms with Crippen LogP contribution in [0.25, 0.3) is 11.1 Å². The first-order valence-corrected chi connectivity index (χ1v) is 8.55. The highest BCUT2D eigenvalue weighted by Gasteiger charge is 2.33. The molecule has 5 heteroatoms. The van der Waals surface area contributed by atoms with Crippen LogP contribution < -0.4 is 5.32 Å². The second kappa shape index (κ2) is 7.47. The molecule has 1 fully saturated rings. The third kappa shape index (κ3) is 3.87. The van der Waals surface area contributed by atoms with E-state index in [1.165, 1.54) is 12.1 Å². The molecule has 3 rings (SSSR count). The van der Waals surface area contributed by atoms with Crippen molar-refractivity contribution in [3.8, 4) is 11.1 Å². The summed E-state index contributed by atoms with van der Waals surface area (Å²) >= 11 is 0.